The van der Waals surface area contributed by atoms with Crippen LogP contribution in [0.15, 0.2) is 18.2 Å². The van der Waals surface area contributed by atoms with Gasteiger partial charge in [0.25, 0.3) is 0 Å². The molecule has 100 valence electrons. The summed E-state index contributed by atoms with van der Waals surface area (Å²) in [5.74, 6) is 0.999. The number of carbonyl (C=O) groups excluding carboxylic acids is 1. The Kier molecular flexibility index (Phi) is 5.65. The Morgan fingerprint density at radius 3 is 2.67 bits per heavy atom. The minimum absolute atomic E-state index is 0.256. The van der Waals surface area contributed by atoms with Crippen molar-refractivity contribution in [3.8, 4) is 5.75 Å². The van der Waals surface area contributed by atoms with Crippen molar-refractivity contribution in [2.24, 2.45) is 11.7 Å². The van der Waals surface area contributed by atoms with E-state index >= 15 is 0 Å². The van der Waals surface area contributed by atoms with Crippen LogP contribution in [0.3, 0.4) is 0 Å². The van der Waals surface area contributed by atoms with Gasteiger partial charge in [-0.15, -0.1) is 0 Å². The molecule has 0 fully saturated rings. The molecule has 1 aromatic carbocycles. The van der Waals surface area contributed by atoms with Crippen molar-refractivity contribution in [1.82, 2.24) is 0 Å². The molecular weight excluding hydrogens is 230 g/mol. The van der Waals surface area contributed by atoms with Crippen LogP contribution in [-0.4, -0.2) is 19.7 Å². The first kappa shape index (κ1) is 14.5. The van der Waals surface area contributed by atoms with Crippen molar-refractivity contribution in [2.45, 2.75) is 26.8 Å². The number of esters is 1. The third-order valence-corrected chi connectivity index (χ3v) is 2.49. The van der Waals surface area contributed by atoms with Crippen molar-refractivity contribution in [3.05, 3.63) is 29.3 Å². The molecule has 0 saturated carbocycles. The number of benzene rings is 1. The number of methoxy groups -OCH3 is 1. The van der Waals surface area contributed by atoms with E-state index in [1.165, 1.54) is 7.11 Å². The van der Waals surface area contributed by atoms with Crippen molar-refractivity contribution in [1.29, 1.82) is 0 Å². The van der Waals surface area contributed by atoms with Crippen LogP contribution in [0, 0.1) is 5.92 Å². The average Bonchev–Trinajstić information content (AvgIpc) is 2.36. The van der Waals surface area contributed by atoms with Crippen LogP contribution in [0.1, 0.15) is 25.0 Å². The van der Waals surface area contributed by atoms with E-state index in [1.54, 1.807) is 0 Å². The monoisotopic (exact) mass is 251 g/mol. The standard InChI is InChI=1S/C14H21NO3/c1-10(2)9-18-13-5-4-11(6-12(13)8-15)7-14(16)17-3/h4-6,10H,7-9,15H2,1-3H3. The first-order valence-electron chi connectivity index (χ1n) is 6.08. The SMILES string of the molecule is COC(=O)Cc1ccc(OCC(C)C)c(CN)c1. The maximum atomic E-state index is 11.2. The molecule has 0 spiro atoms. The second kappa shape index (κ2) is 7.01. The van der Waals surface area contributed by atoms with E-state index in [4.69, 9.17) is 10.5 Å². The zero-order chi connectivity index (χ0) is 13.5. The van der Waals surface area contributed by atoms with Crippen LogP contribution in [0.4, 0.5) is 0 Å². The lowest BCUT2D eigenvalue weighted by atomic mass is 10.1. The molecular formula is C14H21NO3. The molecule has 1 rings (SSSR count). The van der Waals surface area contributed by atoms with E-state index < -0.39 is 0 Å². The highest BCUT2D eigenvalue weighted by atomic mass is 16.5. The number of ether oxygens (including phenoxy) is 2. The zero-order valence-electron chi connectivity index (χ0n) is 11.2. The van der Waals surface area contributed by atoms with Gasteiger partial charge in [0.05, 0.1) is 20.1 Å². The van der Waals surface area contributed by atoms with Crippen molar-refractivity contribution < 1.29 is 14.3 Å². The van der Waals surface area contributed by atoms with Gasteiger partial charge in [0.2, 0.25) is 0 Å². The molecule has 0 amide bonds. The van der Waals surface area contributed by atoms with Crippen LogP contribution in [0.25, 0.3) is 0 Å². The Bertz CT molecular complexity index is 402. The summed E-state index contributed by atoms with van der Waals surface area (Å²) in [5.41, 5.74) is 7.50. The highest BCUT2D eigenvalue weighted by Crippen LogP contribution is 2.21. The van der Waals surface area contributed by atoms with Gasteiger partial charge < -0.3 is 15.2 Å². The summed E-state index contributed by atoms with van der Waals surface area (Å²) in [7, 11) is 1.38. The van der Waals surface area contributed by atoms with Crippen LogP contribution in [0.2, 0.25) is 0 Å². The van der Waals surface area contributed by atoms with Crippen molar-refractivity contribution in [2.75, 3.05) is 13.7 Å². The fraction of sp³-hybridized carbons (Fsp3) is 0.500. The lowest BCUT2D eigenvalue weighted by molar-refractivity contribution is -0.139. The molecule has 0 heterocycles. The number of nitrogens with two attached hydrogens (primary N) is 1. The summed E-state index contributed by atoms with van der Waals surface area (Å²) in [6.07, 6.45) is 0.258. The number of hydrogen-bond donors (Lipinski definition) is 1. The van der Waals surface area contributed by atoms with Crippen molar-refractivity contribution in [3.63, 3.8) is 0 Å². The minimum atomic E-state index is -0.256. The lowest BCUT2D eigenvalue weighted by Crippen LogP contribution is -2.09. The summed E-state index contributed by atoms with van der Waals surface area (Å²) in [5, 5.41) is 0. The van der Waals surface area contributed by atoms with Gasteiger partial charge in [-0.1, -0.05) is 26.0 Å². The molecule has 0 aromatic heterocycles. The van der Waals surface area contributed by atoms with Crippen LogP contribution >= 0.6 is 0 Å². The summed E-state index contributed by atoms with van der Waals surface area (Å²) in [4.78, 5) is 11.2. The highest BCUT2D eigenvalue weighted by molar-refractivity contribution is 5.72. The van der Waals surface area contributed by atoms with E-state index in [-0.39, 0.29) is 12.4 Å². The van der Waals surface area contributed by atoms with Gasteiger partial charge in [0, 0.05) is 12.1 Å². The lowest BCUT2D eigenvalue weighted by Gasteiger charge is -2.13. The summed E-state index contributed by atoms with van der Waals surface area (Å²) >= 11 is 0. The molecule has 0 aliphatic carbocycles. The zero-order valence-corrected chi connectivity index (χ0v) is 11.2. The van der Waals surface area contributed by atoms with E-state index in [1.807, 2.05) is 18.2 Å². The van der Waals surface area contributed by atoms with Gasteiger partial charge >= 0.3 is 5.97 Å². The topological polar surface area (TPSA) is 61.5 Å². The molecule has 2 N–H and O–H groups in total. The third-order valence-electron chi connectivity index (χ3n) is 2.49. The molecule has 18 heavy (non-hydrogen) atoms. The third kappa shape index (κ3) is 4.37. The predicted octanol–water partition coefficient (Wildman–Crippen LogP) is 1.90. The molecule has 0 aliphatic heterocycles. The smallest absolute Gasteiger partial charge is 0.309 e. The van der Waals surface area contributed by atoms with E-state index in [0.29, 0.717) is 19.1 Å². The Balaban J connectivity index is 2.79. The second-order valence-corrected chi connectivity index (χ2v) is 4.60. The van der Waals surface area contributed by atoms with Crippen molar-refractivity contribution >= 4 is 5.97 Å². The average molecular weight is 251 g/mol. The van der Waals surface area contributed by atoms with Gasteiger partial charge in [-0.25, -0.2) is 0 Å². The summed E-state index contributed by atoms with van der Waals surface area (Å²) < 4.78 is 10.3. The molecule has 1 aromatic rings. The first-order chi connectivity index (χ1) is 8.56. The molecule has 4 nitrogen and oxygen atoms in total. The Morgan fingerprint density at radius 2 is 2.11 bits per heavy atom. The fourth-order valence-electron chi connectivity index (χ4n) is 1.54. The molecule has 0 bridgehead atoms. The van der Waals surface area contributed by atoms with Crippen LogP contribution in [0.5, 0.6) is 5.75 Å². The quantitative estimate of drug-likeness (QED) is 0.784. The Morgan fingerprint density at radius 1 is 1.39 bits per heavy atom. The largest absolute Gasteiger partial charge is 0.493 e. The Labute approximate surface area is 108 Å². The van der Waals surface area contributed by atoms with Gasteiger partial charge in [0.15, 0.2) is 0 Å². The molecule has 0 saturated heterocycles. The van der Waals surface area contributed by atoms with Crippen LogP contribution in [-0.2, 0) is 22.5 Å². The number of carbonyl (C=O) groups is 1. The van der Waals surface area contributed by atoms with E-state index in [0.717, 1.165) is 16.9 Å². The first-order valence-corrected chi connectivity index (χ1v) is 6.08. The van der Waals surface area contributed by atoms with Gasteiger partial charge in [-0.05, 0) is 17.5 Å². The summed E-state index contributed by atoms with van der Waals surface area (Å²) in [6, 6.07) is 5.63. The van der Waals surface area contributed by atoms with Gasteiger partial charge in [-0.3, -0.25) is 4.79 Å². The fourth-order valence-corrected chi connectivity index (χ4v) is 1.54. The highest BCUT2D eigenvalue weighted by Gasteiger charge is 2.08. The number of rotatable bonds is 6. The molecule has 4 heteroatoms. The normalized spacial score (nSPS) is 10.5. The van der Waals surface area contributed by atoms with Crippen LogP contribution < -0.4 is 10.5 Å². The molecule has 0 unspecified atom stereocenters. The Hall–Kier alpha value is -1.55. The molecule has 0 atom stereocenters. The van der Waals surface area contributed by atoms with Gasteiger partial charge in [0.1, 0.15) is 5.75 Å². The maximum Gasteiger partial charge on any atom is 0.309 e. The van der Waals surface area contributed by atoms with E-state index in [9.17, 15) is 4.79 Å². The second-order valence-electron chi connectivity index (χ2n) is 4.60. The maximum absolute atomic E-state index is 11.2. The molecule has 0 aliphatic rings. The van der Waals surface area contributed by atoms with Gasteiger partial charge in [-0.2, -0.15) is 0 Å². The minimum Gasteiger partial charge on any atom is -0.493 e. The predicted molar refractivity (Wildman–Crippen MR) is 70.4 cm³/mol. The summed E-state index contributed by atoms with van der Waals surface area (Å²) in [6.45, 7) is 5.23. The molecule has 0 radical (unpaired) electrons. The van der Waals surface area contributed by atoms with E-state index in [2.05, 4.69) is 18.6 Å². The number of hydrogen-bond acceptors (Lipinski definition) is 4.